The summed E-state index contributed by atoms with van der Waals surface area (Å²) in [5, 5.41) is 7.90. The van der Waals surface area contributed by atoms with Crippen molar-refractivity contribution in [2.75, 3.05) is 65.0 Å². The summed E-state index contributed by atoms with van der Waals surface area (Å²) in [6.07, 6.45) is 4.07. The maximum absolute atomic E-state index is 12.9. The van der Waals surface area contributed by atoms with E-state index in [4.69, 9.17) is 19.2 Å². The average molecular weight is 436 g/mol. The quantitative estimate of drug-likeness (QED) is 0.695. The van der Waals surface area contributed by atoms with Crippen LogP contribution < -0.4 is 20.5 Å². The molecule has 4 aliphatic rings. The highest BCUT2D eigenvalue weighted by molar-refractivity contribution is 7.13. The van der Waals surface area contributed by atoms with Gasteiger partial charge in [-0.15, -0.1) is 0 Å². The Morgan fingerprint density at radius 1 is 1.20 bits per heavy atom. The highest BCUT2D eigenvalue weighted by Crippen LogP contribution is 2.35. The number of ether oxygens (including phenoxy) is 3. The van der Waals surface area contributed by atoms with Crippen molar-refractivity contribution in [2.45, 2.75) is 31.3 Å². The van der Waals surface area contributed by atoms with Gasteiger partial charge in [0.2, 0.25) is 0 Å². The fourth-order valence-electron chi connectivity index (χ4n) is 4.70. The summed E-state index contributed by atoms with van der Waals surface area (Å²) in [4.78, 5) is 21.7. The second-order valence-corrected chi connectivity index (χ2v) is 9.18. The molecular formula is C20H29N5O4S. The molecule has 5 rings (SSSR count). The van der Waals surface area contributed by atoms with Gasteiger partial charge in [0.1, 0.15) is 21.5 Å². The zero-order valence-electron chi connectivity index (χ0n) is 17.4. The fraction of sp³-hybridized carbons (Fsp3) is 0.700. The van der Waals surface area contributed by atoms with Gasteiger partial charge in [-0.3, -0.25) is 5.32 Å². The molecule has 0 atom stereocenters. The summed E-state index contributed by atoms with van der Waals surface area (Å²) >= 11 is 1.49. The van der Waals surface area contributed by atoms with E-state index in [2.05, 4.69) is 15.5 Å². The van der Waals surface area contributed by atoms with Crippen molar-refractivity contribution in [3.63, 3.8) is 0 Å². The van der Waals surface area contributed by atoms with Crippen molar-refractivity contribution in [3.05, 3.63) is 9.88 Å². The molecule has 5 heterocycles. The lowest BCUT2D eigenvalue weighted by atomic mass is 9.89. The van der Waals surface area contributed by atoms with E-state index in [-0.39, 0.29) is 11.6 Å². The molecule has 0 radical (unpaired) electrons. The Labute approximate surface area is 179 Å². The average Bonchev–Trinajstić information content (AvgIpc) is 3.41. The number of thiazole rings is 1. The molecule has 0 bridgehead atoms. The van der Waals surface area contributed by atoms with E-state index in [9.17, 15) is 4.79 Å². The Balaban J connectivity index is 1.35. The maximum Gasteiger partial charge on any atom is 0.323 e. The highest BCUT2D eigenvalue weighted by Gasteiger charge is 2.39. The molecule has 1 aromatic rings. The lowest BCUT2D eigenvalue weighted by Crippen LogP contribution is -2.48. The number of hydrogen-bond acceptors (Lipinski definition) is 8. The smallest absolute Gasteiger partial charge is 0.323 e. The van der Waals surface area contributed by atoms with Gasteiger partial charge in [-0.1, -0.05) is 11.3 Å². The van der Waals surface area contributed by atoms with Crippen LogP contribution in [-0.2, 0) is 14.2 Å². The normalized spacial score (nSPS) is 23.4. The number of carbonyl (C=O) groups is 1. The van der Waals surface area contributed by atoms with Crippen LogP contribution in [0.4, 0.5) is 9.93 Å². The predicted molar refractivity (Wildman–Crippen MR) is 113 cm³/mol. The maximum atomic E-state index is 12.9. The molecule has 2 amide bonds. The number of anilines is 1. The molecular weight excluding hydrogens is 406 g/mol. The lowest BCUT2D eigenvalue weighted by molar-refractivity contribution is -0.0353. The second-order valence-electron chi connectivity index (χ2n) is 8.18. The first-order chi connectivity index (χ1) is 14.7. The van der Waals surface area contributed by atoms with Crippen LogP contribution in [0.5, 0.6) is 0 Å². The van der Waals surface area contributed by atoms with Gasteiger partial charge in [-0.25, -0.2) is 9.78 Å². The number of aromatic nitrogens is 1. The summed E-state index contributed by atoms with van der Waals surface area (Å²) in [6, 6.07) is -0.0891. The van der Waals surface area contributed by atoms with Gasteiger partial charge in [0.15, 0.2) is 5.13 Å². The van der Waals surface area contributed by atoms with Crippen LogP contribution in [0.1, 0.15) is 25.7 Å². The van der Waals surface area contributed by atoms with Gasteiger partial charge in [-0.2, -0.15) is 0 Å². The molecule has 3 saturated heterocycles. The number of methoxy groups -OCH3 is 1. The molecule has 10 heteroatoms. The molecule has 3 fully saturated rings. The minimum Gasteiger partial charge on any atom is -0.497 e. The zero-order chi connectivity index (χ0) is 20.6. The number of hydrogen-bond donors (Lipinski definition) is 2. The van der Waals surface area contributed by atoms with E-state index in [1.54, 1.807) is 7.11 Å². The minimum atomic E-state index is -0.0891. The van der Waals surface area contributed by atoms with Crippen LogP contribution in [0, 0.1) is 0 Å². The molecule has 1 spiro atoms. The van der Waals surface area contributed by atoms with Crippen LogP contribution in [0.15, 0.2) is 0 Å². The van der Waals surface area contributed by atoms with E-state index in [1.807, 2.05) is 4.90 Å². The number of carbonyl (C=O) groups excluding carboxylic acids is 1. The van der Waals surface area contributed by atoms with Crippen molar-refractivity contribution in [1.29, 1.82) is 0 Å². The van der Waals surface area contributed by atoms with Crippen LogP contribution in [0.2, 0.25) is 0 Å². The third-order valence-corrected chi connectivity index (χ3v) is 7.43. The summed E-state index contributed by atoms with van der Waals surface area (Å²) in [5.41, 5.74) is 0.00701. The molecule has 0 aliphatic carbocycles. The SMILES string of the molecule is COC1=c2nc(NC(=O)N3CCC4(CCCO4)CC3)sc2=C(N2CCOCC2)NC1. The van der Waals surface area contributed by atoms with E-state index in [0.29, 0.717) is 24.9 Å². The Bertz CT molecular complexity index is 910. The summed E-state index contributed by atoms with van der Waals surface area (Å²) in [6.45, 7) is 5.97. The minimum absolute atomic E-state index is 0.00701. The number of likely N-dealkylation sites (tertiary alicyclic amines) is 1. The topological polar surface area (TPSA) is 88.2 Å². The second kappa shape index (κ2) is 8.24. The molecule has 0 aromatic carbocycles. The van der Waals surface area contributed by atoms with Crippen LogP contribution in [-0.4, -0.2) is 86.1 Å². The van der Waals surface area contributed by atoms with E-state index in [1.165, 1.54) is 11.3 Å². The molecule has 0 unspecified atom stereocenters. The van der Waals surface area contributed by atoms with E-state index < -0.39 is 0 Å². The Hall–Kier alpha value is -2.04. The van der Waals surface area contributed by atoms with Crippen LogP contribution in [0.3, 0.4) is 0 Å². The number of rotatable bonds is 3. The molecule has 4 aliphatic heterocycles. The molecule has 1 aromatic heterocycles. The highest BCUT2D eigenvalue weighted by atomic mass is 32.1. The Morgan fingerprint density at radius 3 is 2.70 bits per heavy atom. The molecule has 0 saturated carbocycles. The number of piperidine rings is 1. The number of nitrogens with zero attached hydrogens (tertiary/aromatic N) is 3. The number of nitrogens with one attached hydrogen (secondary N) is 2. The van der Waals surface area contributed by atoms with E-state index >= 15 is 0 Å². The number of morpholine rings is 1. The number of fused-ring (bicyclic) bond motifs is 1. The third-order valence-electron chi connectivity index (χ3n) is 6.46. The Morgan fingerprint density at radius 2 is 2.00 bits per heavy atom. The fourth-order valence-corrected chi connectivity index (χ4v) is 5.72. The van der Waals surface area contributed by atoms with Crippen molar-refractivity contribution in [1.82, 2.24) is 20.1 Å². The van der Waals surface area contributed by atoms with Crippen LogP contribution in [0.25, 0.3) is 11.6 Å². The van der Waals surface area contributed by atoms with Crippen LogP contribution >= 0.6 is 11.3 Å². The summed E-state index contributed by atoms with van der Waals surface area (Å²) in [7, 11) is 1.66. The van der Waals surface area contributed by atoms with Crippen molar-refractivity contribution >= 4 is 34.1 Å². The van der Waals surface area contributed by atoms with Gasteiger partial charge in [0.25, 0.3) is 0 Å². The lowest BCUT2D eigenvalue weighted by Gasteiger charge is -2.38. The molecule has 9 nitrogen and oxygen atoms in total. The number of urea groups is 1. The van der Waals surface area contributed by atoms with Crippen molar-refractivity contribution < 1.29 is 19.0 Å². The molecule has 2 N–H and O–H groups in total. The molecule has 164 valence electrons. The number of amides is 2. The molecule has 30 heavy (non-hydrogen) atoms. The monoisotopic (exact) mass is 435 g/mol. The predicted octanol–water partition coefficient (Wildman–Crippen LogP) is 0.0757. The van der Waals surface area contributed by atoms with Gasteiger partial charge in [-0.05, 0) is 25.7 Å². The zero-order valence-corrected chi connectivity index (χ0v) is 18.2. The van der Waals surface area contributed by atoms with E-state index in [0.717, 1.165) is 79.9 Å². The first-order valence-corrected chi connectivity index (χ1v) is 11.5. The van der Waals surface area contributed by atoms with Crippen molar-refractivity contribution in [3.8, 4) is 0 Å². The third kappa shape index (κ3) is 3.72. The largest absolute Gasteiger partial charge is 0.497 e. The van der Waals surface area contributed by atoms with Gasteiger partial charge < -0.3 is 29.3 Å². The van der Waals surface area contributed by atoms with Gasteiger partial charge in [0.05, 0.1) is 32.5 Å². The first kappa shape index (κ1) is 19.9. The Kier molecular flexibility index (Phi) is 5.46. The standard InChI is InChI=1S/C20H29N5O4S/c1-27-14-13-21-17(24-8-11-28-12-9-24)16-15(14)22-18(30-16)23-19(26)25-6-4-20(5-7-25)3-2-10-29-20/h21H,2-13H2,1H3,(H,22,23,26). The summed E-state index contributed by atoms with van der Waals surface area (Å²) < 4.78 is 18.0. The first-order valence-electron chi connectivity index (χ1n) is 10.7. The summed E-state index contributed by atoms with van der Waals surface area (Å²) in [5.74, 6) is 1.84. The van der Waals surface area contributed by atoms with Gasteiger partial charge in [0, 0.05) is 32.8 Å². The van der Waals surface area contributed by atoms with Crippen molar-refractivity contribution in [2.24, 2.45) is 0 Å². The van der Waals surface area contributed by atoms with Gasteiger partial charge >= 0.3 is 6.03 Å².